The monoisotopic (exact) mass is 343 g/mol. The molecule has 1 aromatic rings. The van der Waals surface area contributed by atoms with Crippen molar-refractivity contribution in [3.8, 4) is 0 Å². The normalized spacial score (nSPS) is 23.7. The van der Waals surface area contributed by atoms with E-state index >= 15 is 0 Å². The summed E-state index contributed by atoms with van der Waals surface area (Å²) in [4.78, 5) is 17.2. The highest BCUT2D eigenvalue weighted by Crippen LogP contribution is 2.25. The number of sulfonamides is 1. The van der Waals surface area contributed by atoms with Crippen LogP contribution < -0.4 is 0 Å². The molecule has 0 saturated carbocycles. The molecule has 2 atom stereocenters. The quantitative estimate of drug-likeness (QED) is 0.789. The molecule has 1 saturated heterocycles. The van der Waals surface area contributed by atoms with Gasteiger partial charge in [0.25, 0.3) is 0 Å². The molecule has 2 unspecified atom stereocenters. The first-order chi connectivity index (χ1) is 10.9. The van der Waals surface area contributed by atoms with Gasteiger partial charge in [0.05, 0.1) is 0 Å². The van der Waals surface area contributed by atoms with Gasteiger partial charge in [-0.05, 0) is 25.6 Å². The molecular formula is C14H21N3O5S. The molecule has 128 valence electrons. The summed E-state index contributed by atoms with van der Waals surface area (Å²) < 4.78 is 32.3. The number of nitrogens with zero attached hydrogens (tertiary/aromatic N) is 3. The zero-order valence-corrected chi connectivity index (χ0v) is 13.9. The van der Waals surface area contributed by atoms with E-state index in [0.29, 0.717) is 13.1 Å². The minimum Gasteiger partial charge on any atom is -0.480 e. The van der Waals surface area contributed by atoms with Crippen LogP contribution in [0.2, 0.25) is 0 Å². The number of likely N-dealkylation sites (N-methyl/N-ethyl adjacent to an activating group) is 1. The summed E-state index contributed by atoms with van der Waals surface area (Å²) in [5, 5.41) is 9.54. The zero-order chi connectivity index (χ0) is 17.0. The molecule has 2 rings (SSSR count). The van der Waals surface area contributed by atoms with Crippen molar-refractivity contribution in [3.05, 3.63) is 24.5 Å². The van der Waals surface area contributed by atoms with Crippen molar-refractivity contribution in [2.24, 2.45) is 0 Å². The Bertz CT molecular complexity index is 637. The molecule has 8 nitrogen and oxygen atoms in total. The van der Waals surface area contributed by atoms with E-state index in [-0.39, 0.29) is 18.0 Å². The third-order valence-corrected chi connectivity index (χ3v) is 5.64. The maximum absolute atomic E-state index is 12.8. The first kappa shape index (κ1) is 17.8. The van der Waals surface area contributed by atoms with E-state index in [1.54, 1.807) is 11.8 Å². The van der Waals surface area contributed by atoms with Crippen LogP contribution in [-0.4, -0.2) is 72.2 Å². The molecule has 9 heteroatoms. The lowest BCUT2D eigenvalue weighted by molar-refractivity contribution is -0.161. The molecule has 0 aromatic carbocycles. The van der Waals surface area contributed by atoms with Crippen LogP contribution in [0.15, 0.2) is 29.4 Å². The van der Waals surface area contributed by atoms with E-state index in [1.807, 2.05) is 6.92 Å². The van der Waals surface area contributed by atoms with Crippen LogP contribution in [0.25, 0.3) is 0 Å². The number of pyridine rings is 1. The molecule has 23 heavy (non-hydrogen) atoms. The Morgan fingerprint density at radius 1 is 1.43 bits per heavy atom. The third-order valence-electron chi connectivity index (χ3n) is 3.79. The summed E-state index contributed by atoms with van der Waals surface area (Å²) in [6.07, 6.45) is 1.66. The van der Waals surface area contributed by atoms with E-state index in [1.165, 1.54) is 24.5 Å². The number of rotatable bonds is 6. The van der Waals surface area contributed by atoms with E-state index in [9.17, 15) is 18.3 Å². The molecule has 1 aliphatic rings. The summed E-state index contributed by atoms with van der Waals surface area (Å²) in [6, 6.07) is 1.92. The van der Waals surface area contributed by atoms with Crippen molar-refractivity contribution in [2.75, 3.05) is 26.2 Å². The van der Waals surface area contributed by atoms with Crippen LogP contribution in [-0.2, 0) is 19.6 Å². The molecule has 1 fully saturated rings. The van der Waals surface area contributed by atoms with Gasteiger partial charge in [-0.3, -0.25) is 14.7 Å². The smallest absolute Gasteiger partial charge is 0.325 e. The molecule has 1 aliphatic heterocycles. The van der Waals surface area contributed by atoms with Crippen molar-refractivity contribution < 1.29 is 23.1 Å². The molecular weight excluding hydrogens is 322 g/mol. The van der Waals surface area contributed by atoms with Crippen LogP contribution in [0.5, 0.6) is 0 Å². The highest BCUT2D eigenvalue weighted by Gasteiger charge is 2.46. The molecule has 1 aromatic heterocycles. The van der Waals surface area contributed by atoms with Crippen LogP contribution in [0.4, 0.5) is 0 Å². The van der Waals surface area contributed by atoms with Gasteiger partial charge < -0.3 is 9.84 Å². The molecule has 2 heterocycles. The fourth-order valence-electron chi connectivity index (χ4n) is 2.70. The molecule has 1 N–H and O–H groups in total. The lowest BCUT2D eigenvalue weighted by Gasteiger charge is -2.43. The van der Waals surface area contributed by atoms with Gasteiger partial charge >= 0.3 is 5.97 Å². The number of carboxylic acids is 1. The Hall–Kier alpha value is -1.55. The Balaban J connectivity index is 2.42. The predicted octanol–water partition coefficient (Wildman–Crippen LogP) is 0.224. The molecule has 0 radical (unpaired) electrons. The van der Waals surface area contributed by atoms with Crippen molar-refractivity contribution >= 4 is 16.0 Å². The summed E-state index contributed by atoms with van der Waals surface area (Å²) in [5.74, 6) is -1.10. The average molecular weight is 343 g/mol. The number of aliphatic carboxylic acids is 1. The number of hydrogen-bond acceptors (Lipinski definition) is 6. The molecule has 0 aliphatic carbocycles. The SMILES string of the molecule is CCOC1C(C(=O)O)N(CC)CCN1S(=O)(=O)c1cccnc1. The number of carbonyl (C=O) groups is 1. The van der Waals surface area contributed by atoms with Gasteiger partial charge in [-0.1, -0.05) is 6.92 Å². The first-order valence-electron chi connectivity index (χ1n) is 7.43. The highest BCUT2D eigenvalue weighted by atomic mass is 32.2. The van der Waals surface area contributed by atoms with Gasteiger partial charge in [0.2, 0.25) is 10.0 Å². The van der Waals surface area contributed by atoms with E-state index in [0.717, 1.165) is 4.31 Å². The van der Waals surface area contributed by atoms with Gasteiger partial charge in [0, 0.05) is 32.1 Å². The van der Waals surface area contributed by atoms with Crippen LogP contribution in [0.3, 0.4) is 0 Å². The minimum absolute atomic E-state index is 0.0267. The van der Waals surface area contributed by atoms with Gasteiger partial charge in [-0.2, -0.15) is 4.31 Å². The Morgan fingerprint density at radius 3 is 2.70 bits per heavy atom. The maximum atomic E-state index is 12.8. The number of ether oxygens (including phenoxy) is 1. The van der Waals surface area contributed by atoms with E-state index in [2.05, 4.69) is 4.98 Å². The van der Waals surface area contributed by atoms with Crippen LogP contribution in [0, 0.1) is 0 Å². The molecule has 0 spiro atoms. The van der Waals surface area contributed by atoms with Crippen molar-refractivity contribution in [1.29, 1.82) is 0 Å². The zero-order valence-electron chi connectivity index (χ0n) is 13.1. The molecule has 0 amide bonds. The van der Waals surface area contributed by atoms with Gasteiger partial charge in [0.15, 0.2) is 0 Å². The number of carboxylic acid groups (broad SMARTS) is 1. The fourth-order valence-corrected chi connectivity index (χ4v) is 4.19. The summed E-state index contributed by atoms with van der Waals surface area (Å²) in [7, 11) is -3.88. The maximum Gasteiger partial charge on any atom is 0.325 e. The van der Waals surface area contributed by atoms with Gasteiger partial charge in [-0.15, -0.1) is 0 Å². The summed E-state index contributed by atoms with van der Waals surface area (Å²) in [6.45, 7) is 4.76. The average Bonchev–Trinajstić information content (AvgIpc) is 2.55. The second kappa shape index (κ2) is 7.35. The first-order valence-corrected chi connectivity index (χ1v) is 8.87. The predicted molar refractivity (Wildman–Crippen MR) is 82.2 cm³/mol. The lowest BCUT2D eigenvalue weighted by Crippen LogP contribution is -2.64. The number of piperazine rings is 1. The number of aromatic nitrogens is 1. The van der Waals surface area contributed by atoms with Crippen molar-refractivity contribution in [1.82, 2.24) is 14.2 Å². The standard InChI is InChI=1S/C14H21N3O5S/c1-3-16-8-9-17(13(22-4-2)12(16)14(18)19)23(20,21)11-6-5-7-15-10-11/h5-7,10,12-13H,3-4,8-9H2,1-2H3,(H,18,19). The van der Waals surface area contributed by atoms with E-state index in [4.69, 9.17) is 4.74 Å². The second-order valence-corrected chi connectivity index (χ2v) is 6.95. The topological polar surface area (TPSA) is 100 Å². The fraction of sp³-hybridized carbons (Fsp3) is 0.571. The third kappa shape index (κ3) is 3.52. The Morgan fingerprint density at radius 2 is 2.17 bits per heavy atom. The molecule has 0 bridgehead atoms. The van der Waals surface area contributed by atoms with E-state index < -0.39 is 28.3 Å². The Labute approximate surface area is 135 Å². The van der Waals surface area contributed by atoms with Crippen LogP contribution >= 0.6 is 0 Å². The summed E-state index contributed by atoms with van der Waals surface area (Å²) in [5.41, 5.74) is 0. The van der Waals surface area contributed by atoms with Crippen molar-refractivity contribution in [3.63, 3.8) is 0 Å². The van der Waals surface area contributed by atoms with Gasteiger partial charge in [0.1, 0.15) is 17.2 Å². The Kier molecular flexibility index (Phi) is 5.69. The summed E-state index contributed by atoms with van der Waals surface area (Å²) >= 11 is 0. The van der Waals surface area contributed by atoms with Crippen molar-refractivity contribution in [2.45, 2.75) is 31.0 Å². The van der Waals surface area contributed by atoms with Crippen LogP contribution in [0.1, 0.15) is 13.8 Å². The highest BCUT2D eigenvalue weighted by molar-refractivity contribution is 7.89. The second-order valence-electron chi connectivity index (χ2n) is 5.06. The number of hydrogen-bond donors (Lipinski definition) is 1. The van der Waals surface area contributed by atoms with Gasteiger partial charge in [-0.25, -0.2) is 8.42 Å². The minimum atomic E-state index is -3.88. The lowest BCUT2D eigenvalue weighted by atomic mass is 10.1. The largest absolute Gasteiger partial charge is 0.480 e.